The number of carbonyl (C=O) groups excluding carboxylic acids is 2. The maximum atomic E-state index is 13.1. The molecule has 1 fully saturated rings. The molecular weight excluding hydrogens is 450 g/mol. The molecule has 0 bridgehead atoms. The van der Waals surface area contributed by atoms with Crippen molar-refractivity contribution in [1.82, 2.24) is 14.8 Å². The number of nitrogens with zero attached hydrogens (tertiary/aromatic N) is 2. The van der Waals surface area contributed by atoms with E-state index in [2.05, 4.69) is 23.2 Å². The zero-order valence-electron chi connectivity index (χ0n) is 21.3. The van der Waals surface area contributed by atoms with E-state index in [9.17, 15) is 9.59 Å². The van der Waals surface area contributed by atoms with Crippen molar-refractivity contribution >= 4 is 22.7 Å². The Kier molecular flexibility index (Phi) is 7.30. The Bertz CT molecular complexity index is 1210. The van der Waals surface area contributed by atoms with Crippen LogP contribution in [-0.4, -0.2) is 59.9 Å². The minimum Gasteiger partial charge on any atom is -0.483 e. The molecule has 1 saturated heterocycles. The molecule has 1 spiro atoms. The lowest BCUT2D eigenvalue weighted by atomic mass is 9.73. The molecule has 2 aromatic carbocycles. The van der Waals surface area contributed by atoms with Gasteiger partial charge >= 0.3 is 0 Å². The lowest BCUT2D eigenvalue weighted by Crippen LogP contribution is -2.49. The van der Waals surface area contributed by atoms with Crippen LogP contribution in [0, 0.1) is 5.41 Å². The van der Waals surface area contributed by atoms with E-state index >= 15 is 0 Å². The summed E-state index contributed by atoms with van der Waals surface area (Å²) < 4.78 is 5.91. The fourth-order valence-electron chi connectivity index (χ4n) is 5.96. The molecule has 0 atom stereocenters. The van der Waals surface area contributed by atoms with Gasteiger partial charge in [0.05, 0.1) is 0 Å². The van der Waals surface area contributed by atoms with Gasteiger partial charge in [-0.3, -0.25) is 9.59 Å². The molecule has 3 aromatic rings. The van der Waals surface area contributed by atoms with Gasteiger partial charge in [-0.25, -0.2) is 0 Å². The molecule has 0 radical (unpaired) electrons. The lowest BCUT2D eigenvalue weighted by molar-refractivity contribution is -0.137. The van der Waals surface area contributed by atoms with E-state index in [4.69, 9.17) is 4.74 Å². The summed E-state index contributed by atoms with van der Waals surface area (Å²) in [4.78, 5) is 33.1. The largest absolute Gasteiger partial charge is 0.483 e. The average Bonchev–Trinajstić information content (AvgIpc) is 3.32. The van der Waals surface area contributed by atoms with Crippen LogP contribution in [0.25, 0.3) is 10.9 Å². The Morgan fingerprint density at radius 1 is 1.03 bits per heavy atom. The van der Waals surface area contributed by atoms with E-state index in [0.29, 0.717) is 6.42 Å². The molecule has 2 amide bonds. The predicted molar refractivity (Wildman–Crippen MR) is 142 cm³/mol. The Balaban J connectivity index is 1.19. The highest BCUT2D eigenvalue weighted by Gasteiger charge is 2.37. The molecule has 1 N–H and O–H groups in total. The normalized spacial score (nSPS) is 18.9. The fourth-order valence-corrected chi connectivity index (χ4v) is 5.96. The molecule has 0 aliphatic carbocycles. The van der Waals surface area contributed by atoms with Gasteiger partial charge in [-0.2, -0.15) is 0 Å². The summed E-state index contributed by atoms with van der Waals surface area (Å²) in [5, 5.41) is 1.20. The summed E-state index contributed by atoms with van der Waals surface area (Å²) >= 11 is 0. The molecule has 36 heavy (non-hydrogen) atoms. The molecule has 5 rings (SSSR count). The Hall–Kier alpha value is -3.28. The van der Waals surface area contributed by atoms with Crippen LogP contribution in [0.3, 0.4) is 0 Å². The van der Waals surface area contributed by atoms with E-state index < -0.39 is 0 Å². The number of H-pyrrole nitrogens is 1. The summed E-state index contributed by atoms with van der Waals surface area (Å²) in [6.07, 6.45) is 9.48. The number of ether oxygens (including phenoxy) is 1. The number of hydrogen-bond donors (Lipinski definition) is 1. The molecule has 2 aliphatic rings. The number of likely N-dealkylation sites (N-methyl/N-ethyl adjacent to an activating group) is 1. The second-order valence-electron chi connectivity index (χ2n) is 10.6. The molecule has 2 aliphatic heterocycles. The highest BCUT2D eigenvalue weighted by molar-refractivity contribution is 5.84. The maximum Gasteiger partial charge on any atom is 0.260 e. The third-order valence-corrected chi connectivity index (χ3v) is 8.19. The van der Waals surface area contributed by atoms with Gasteiger partial charge in [0.15, 0.2) is 6.61 Å². The smallest absolute Gasteiger partial charge is 0.260 e. The predicted octanol–water partition coefficient (Wildman–Crippen LogP) is 4.97. The number of amides is 2. The zero-order valence-corrected chi connectivity index (χ0v) is 21.3. The Morgan fingerprint density at radius 3 is 2.67 bits per heavy atom. The van der Waals surface area contributed by atoms with E-state index in [1.807, 2.05) is 53.4 Å². The number of rotatable bonds is 3. The van der Waals surface area contributed by atoms with E-state index in [-0.39, 0.29) is 23.8 Å². The SMILES string of the molecule is CN1CC2(CCCCc3ccccc3OCC1=O)CCN(C(=O)CCc1c[nH]c3ccccc13)CC2. The topological polar surface area (TPSA) is 65.6 Å². The minimum absolute atomic E-state index is 0.0157. The molecule has 0 saturated carbocycles. The van der Waals surface area contributed by atoms with Gasteiger partial charge < -0.3 is 19.5 Å². The van der Waals surface area contributed by atoms with E-state index in [1.165, 1.54) is 16.5 Å². The summed E-state index contributed by atoms with van der Waals surface area (Å²) in [5.74, 6) is 1.08. The van der Waals surface area contributed by atoms with Crippen LogP contribution in [0.15, 0.2) is 54.7 Å². The van der Waals surface area contributed by atoms with Gasteiger partial charge in [-0.05, 0) is 67.2 Å². The number of aromatic amines is 1. The number of likely N-dealkylation sites (tertiary alicyclic amines) is 1. The van der Waals surface area contributed by atoms with Crippen molar-refractivity contribution in [2.75, 3.05) is 33.3 Å². The van der Waals surface area contributed by atoms with Crippen LogP contribution in [0.1, 0.15) is 49.7 Å². The second-order valence-corrected chi connectivity index (χ2v) is 10.6. The van der Waals surface area contributed by atoms with Crippen molar-refractivity contribution in [2.24, 2.45) is 5.41 Å². The number of fused-ring (bicyclic) bond motifs is 2. The van der Waals surface area contributed by atoms with E-state index in [1.54, 1.807) is 0 Å². The standard InChI is InChI=1S/C30H37N3O3/c1-32-22-30(15-7-6-9-23-8-2-5-12-27(23)36-21-29(32)35)16-18-33(19-17-30)28(34)14-13-24-20-31-26-11-4-3-10-25(24)26/h2-5,8,10-12,20,31H,6-7,9,13-19,21-22H2,1H3. The first-order chi connectivity index (χ1) is 17.5. The molecule has 6 heteroatoms. The Morgan fingerprint density at radius 2 is 1.81 bits per heavy atom. The van der Waals surface area contributed by atoms with Gasteiger partial charge in [0.25, 0.3) is 5.91 Å². The number of benzene rings is 2. The van der Waals surface area contributed by atoms with Crippen molar-refractivity contribution in [2.45, 2.75) is 51.4 Å². The first-order valence-corrected chi connectivity index (χ1v) is 13.3. The van der Waals surface area contributed by atoms with Crippen LogP contribution in [0.2, 0.25) is 0 Å². The first kappa shape index (κ1) is 24.4. The fraction of sp³-hybridized carbons (Fsp3) is 0.467. The monoisotopic (exact) mass is 487 g/mol. The van der Waals surface area contributed by atoms with Crippen molar-refractivity contribution in [3.63, 3.8) is 0 Å². The molecular formula is C30H37N3O3. The van der Waals surface area contributed by atoms with Gasteiger partial charge in [0, 0.05) is 50.2 Å². The highest BCUT2D eigenvalue weighted by Crippen LogP contribution is 2.38. The third kappa shape index (κ3) is 5.43. The first-order valence-electron chi connectivity index (χ1n) is 13.3. The van der Waals surface area contributed by atoms with Gasteiger partial charge in [0.2, 0.25) is 5.91 Å². The van der Waals surface area contributed by atoms with Crippen molar-refractivity contribution < 1.29 is 14.3 Å². The van der Waals surface area contributed by atoms with E-state index in [0.717, 1.165) is 75.8 Å². The number of piperidine rings is 1. The van der Waals surface area contributed by atoms with Crippen LogP contribution in [0.4, 0.5) is 0 Å². The number of hydrogen-bond acceptors (Lipinski definition) is 3. The number of aromatic nitrogens is 1. The third-order valence-electron chi connectivity index (χ3n) is 8.19. The molecule has 0 unspecified atom stereocenters. The minimum atomic E-state index is 0.0157. The summed E-state index contributed by atoms with van der Waals surface area (Å²) in [6, 6.07) is 16.3. The van der Waals surface area contributed by atoms with Gasteiger partial charge in [0.1, 0.15) is 5.75 Å². The van der Waals surface area contributed by atoms with Crippen molar-refractivity contribution in [3.8, 4) is 5.75 Å². The molecule has 6 nitrogen and oxygen atoms in total. The van der Waals surface area contributed by atoms with Crippen molar-refractivity contribution in [1.29, 1.82) is 0 Å². The van der Waals surface area contributed by atoms with Crippen LogP contribution >= 0.6 is 0 Å². The zero-order chi connectivity index (χ0) is 25.0. The summed E-state index contributed by atoms with van der Waals surface area (Å²) in [5.41, 5.74) is 3.57. The summed E-state index contributed by atoms with van der Waals surface area (Å²) in [7, 11) is 1.89. The van der Waals surface area contributed by atoms with Crippen LogP contribution in [0.5, 0.6) is 5.75 Å². The average molecular weight is 488 g/mol. The summed E-state index contributed by atoms with van der Waals surface area (Å²) in [6.45, 7) is 2.35. The number of para-hydroxylation sites is 2. The Labute approximate surface area is 213 Å². The lowest BCUT2D eigenvalue weighted by Gasteiger charge is -2.44. The number of carbonyl (C=O) groups is 2. The molecule has 1 aromatic heterocycles. The van der Waals surface area contributed by atoms with Crippen LogP contribution < -0.4 is 4.74 Å². The number of nitrogens with one attached hydrogen (secondary N) is 1. The van der Waals surface area contributed by atoms with Gasteiger partial charge in [-0.1, -0.05) is 42.8 Å². The quantitative estimate of drug-likeness (QED) is 0.567. The molecule has 190 valence electrons. The highest BCUT2D eigenvalue weighted by atomic mass is 16.5. The van der Waals surface area contributed by atoms with Crippen molar-refractivity contribution in [3.05, 3.63) is 65.9 Å². The van der Waals surface area contributed by atoms with Gasteiger partial charge in [-0.15, -0.1) is 0 Å². The maximum absolute atomic E-state index is 13.1. The second kappa shape index (κ2) is 10.8. The molecule has 3 heterocycles. The number of aryl methyl sites for hydroxylation is 2. The van der Waals surface area contributed by atoms with Crippen LogP contribution in [-0.2, 0) is 22.4 Å².